The van der Waals surface area contributed by atoms with Gasteiger partial charge in [0.2, 0.25) is 0 Å². The maximum absolute atomic E-state index is 12.8. The van der Waals surface area contributed by atoms with Crippen molar-refractivity contribution in [2.45, 2.75) is 20.8 Å². The van der Waals surface area contributed by atoms with Gasteiger partial charge in [-0.15, -0.1) is 0 Å². The number of para-hydroxylation sites is 1. The largest absolute Gasteiger partial charge is 0.318 e. The van der Waals surface area contributed by atoms with E-state index < -0.39 is 5.91 Å². The highest BCUT2D eigenvalue weighted by Gasteiger charge is 2.34. The lowest BCUT2D eigenvalue weighted by atomic mass is 10.1. The third kappa shape index (κ3) is 3.48. The summed E-state index contributed by atoms with van der Waals surface area (Å²) in [6.45, 7) is 6.11. The first kappa shape index (κ1) is 19.4. The van der Waals surface area contributed by atoms with Crippen molar-refractivity contribution < 1.29 is 9.59 Å². The molecule has 0 aliphatic carbocycles. The Morgan fingerprint density at radius 2 is 1.66 bits per heavy atom. The minimum absolute atomic E-state index is 0.132. The van der Waals surface area contributed by atoms with Crippen LogP contribution in [0.2, 0.25) is 0 Å². The van der Waals surface area contributed by atoms with Gasteiger partial charge >= 0.3 is 0 Å². The molecular formula is C23H20IN3O2. The molecule has 0 bridgehead atoms. The van der Waals surface area contributed by atoms with E-state index in [1.165, 1.54) is 14.1 Å². The molecule has 0 atom stereocenters. The molecule has 146 valence electrons. The van der Waals surface area contributed by atoms with Crippen molar-refractivity contribution in [3.05, 3.63) is 86.3 Å². The number of rotatable bonds is 3. The molecular weight excluding hydrogens is 477 g/mol. The van der Waals surface area contributed by atoms with Crippen LogP contribution in [0, 0.1) is 24.3 Å². The monoisotopic (exact) mass is 497 g/mol. The van der Waals surface area contributed by atoms with E-state index >= 15 is 0 Å². The molecule has 1 saturated heterocycles. The number of hydrogen-bond donors (Lipinski definition) is 1. The summed E-state index contributed by atoms with van der Waals surface area (Å²) < 4.78 is 3.35. The van der Waals surface area contributed by atoms with E-state index in [0.29, 0.717) is 5.69 Å². The molecule has 3 aromatic rings. The number of nitrogens with one attached hydrogen (secondary N) is 1. The number of carbonyl (C=O) groups is 2. The molecule has 6 heteroatoms. The van der Waals surface area contributed by atoms with Gasteiger partial charge in [-0.3, -0.25) is 15.0 Å². The highest BCUT2D eigenvalue weighted by atomic mass is 127. The highest BCUT2D eigenvalue weighted by molar-refractivity contribution is 14.1. The van der Waals surface area contributed by atoms with Crippen LogP contribution in [0.15, 0.2) is 60.2 Å². The topological polar surface area (TPSA) is 54.3 Å². The lowest BCUT2D eigenvalue weighted by Gasteiger charge is -2.13. The average Bonchev–Trinajstić information content (AvgIpc) is 3.15. The van der Waals surface area contributed by atoms with Gasteiger partial charge in [-0.1, -0.05) is 18.2 Å². The number of benzene rings is 2. The van der Waals surface area contributed by atoms with Crippen LogP contribution < -0.4 is 10.4 Å². The molecule has 4 rings (SSSR count). The summed E-state index contributed by atoms with van der Waals surface area (Å²) in [4.78, 5) is 25.3. The summed E-state index contributed by atoms with van der Waals surface area (Å²) in [5, 5.41) is 1.29. The van der Waals surface area contributed by atoms with Crippen LogP contribution in [-0.4, -0.2) is 16.4 Å². The molecule has 5 nitrogen and oxygen atoms in total. The van der Waals surface area contributed by atoms with E-state index in [2.05, 4.69) is 57.7 Å². The Kier molecular flexibility index (Phi) is 5.04. The quantitative estimate of drug-likeness (QED) is 0.330. The van der Waals surface area contributed by atoms with Crippen LogP contribution >= 0.6 is 22.6 Å². The van der Waals surface area contributed by atoms with E-state index in [4.69, 9.17) is 0 Å². The van der Waals surface area contributed by atoms with Crippen LogP contribution in [0.5, 0.6) is 0 Å². The van der Waals surface area contributed by atoms with Crippen molar-refractivity contribution in [2.24, 2.45) is 0 Å². The van der Waals surface area contributed by atoms with Gasteiger partial charge in [0, 0.05) is 20.6 Å². The second kappa shape index (κ2) is 7.51. The first-order valence-corrected chi connectivity index (χ1v) is 10.3. The normalized spacial score (nSPS) is 15.3. The lowest BCUT2D eigenvalue weighted by Crippen LogP contribution is -2.35. The summed E-state index contributed by atoms with van der Waals surface area (Å²) in [7, 11) is 0. The molecule has 0 saturated carbocycles. The molecule has 2 heterocycles. The third-order valence-electron chi connectivity index (χ3n) is 5.08. The Morgan fingerprint density at radius 1 is 0.931 bits per heavy atom. The van der Waals surface area contributed by atoms with E-state index in [9.17, 15) is 9.59 Å². The Balaban J connectivity index is 1.73. The lowest BCUT2D eigenvalue weighted by molar-refractivity contribution is -0.117. The zero-order valence-electron chi connectivity index (χ0n) is 16.4. The van der Waals surface area contributed by atoms with Crippen molar-refractivity contribution >= 4 is 46.2 Å². The Bertz CT molecular complexity index is 1160. The molecule has 29 heavy (non-hydrogen) atoms. The first-order chi connectivity index (χ1) is 13.9. The van der Waals surface area contributed by atoms with Crippen LogP contribution in [-0.2, 0) is 9.59 Å². The fraction of sp³-hybridized carbons (Fsp3) is 0.130. The molecule has 1 aliphatic rings. The predicted octanol–water partition coefficient (Wildman–Crippen LogP) is 4.47. The molecule has 0 radical (unpaired) electrons. The van der Waals surface area contributed by atoms with Crippen LogP contribution in [0.3, 0.4) is 0 Å². The summed E-state index contributed by atoms with van der Waals surface area (Å²) in [6, 6.07) is 17.4. The number of halogens is 1. The zero-order valence-corrected chi connectivity index (χ0v) is 18.5. The maximum Gasteiger partial charge on any atom is 0.282 e. The Morgan fingerprint density at radius 3 is 2.34 bits per heavy atom. The van der Waals surface area contributed by atoms with E-state index in [0.717, 1.165) is 22.6 Å². The van der Waals surface area contributed by atoms with Gasteiger partial charge in [0.15, 0.2) is 0 Å². The summed E-state index contributed by atoms with van der Waals surface area (Å²) in [5.41, 5.74) is 8.56. The Hall–Kier alpha value is -2.87. The fourth-order valence-electron chi connectivity index (χ4n) is 3.57. The summed E-state index contributed by atoms with van der Waals surface area (Å²) in [5.74, 6) is -0.745. The molecule has 1 fully saturated rings. The maximum atomic E-state index is 12.8. The van der Waals surface area contributed by atoms with Crippen LogP contribution in [0.25, 0.3) is 11.8 Å². The number of carbonyl (C=O) groups excluding carboxylic acids is 2. The molecule has 2 amide bonds. The number of aryl methyl sites for hydroxylation is 2. The summed E-state index contributed by atoms with van der Waals surface area (Å²) >= 11 is 2.32. The van der Waals surface area contributed by atoms with Crippen molar-refractivity contribution in [3.8, 4) is 5.69 Å². The number of anilines is 1. The second-order valence-electron chi connectivity index (χ2n) is 7.07. The number of hydrazine groups is 1. The van der Waals surface area contributed by atoms with Gasteiger partial charge in [-0.05, 0) is 97.0 Å². The molecule has 0 unspecified atom stereocenters. The van der Waals surface area contributed by atoms with E-state index in [1.54, 1.807) is 18.2 Å². The predicted molar refractivity (Wildman–Crippen MR) is 123 cm³/mol. The summed E-state index contributed by atoms with van der Waals surface area (Å²) in [6.07, 6.45) is 1.68. The zero-order chi connectivity index (χ0) is 20.7. The first-order valence-electron chi connectivity index (χ1n) is 9.24. The van der Waals surface area contributed by atoms with Crippen LogP contribution in [0.1, 0.15) is 22.5 Å². The van der Waals surface area contributed by atoms with Gasteiger partial charge < -0.3 is 4.57 Å². The molecule has 1 aliphatic heterocycles. The molecule has 0 spiro atoms. The van der Waals surface area contributed by atoms with Crippen molar-refractivity contribution in [3.63, 3.8) is 0 Å². The average molecular weight is 497 g/mol. The van der Waals surface area contributed by atoms with E-state index in [1.807, 2.05) is 38.1 Å². The van der Waals surface area contributed by atoms with E-state index in [-0.39, 0.29) is 11.5 Å². The molecule has 1 N–H and O–H groups in total. The minimum Gasteiger partial charge on any atom is -0.318 e. The minimum atomic E-state index is -0.395. The Labute approximate surface area is 183 Å². The van der Waals surface area contributed by atoms with Gasteiger partial charge in [0.25, 0.3) is 11.8 Å². The molecule has 1 aromatic heterocycles. The van der Waals surface area contributed by atoms with Crippen molar-refractivity contribution in [2.75, 3.05) is 5.01 Å². The van der Waals surface area contributed by atoms with Crippen molar-refractivity contribution in [1.29, 1.82) is 0 Å². The fourth-order valence-corrected chi connectivity index (χ4v) is 3.91. The van der Waals surface area contributed by atoms with Gasteiger partial charge in [-0.25, -0.2) is 5.01 Å². The standard InChI is InChI=1S/C23H20IN3O2/c1-14-11-19(9-10-21(14)24)26-15(2)12-17(16(26)3)13-20-22(28)25-27(23(20)29)18-7-5-4-6-8-18/h4-13H,1-3H3,(H,25,28)/b20-13-. The van der Waals surface area contributed by atoms with Crippen LogP contribution in [0.4, 0.5) is 5.69 Å². The van der Waals surface area contributed by atoms with Crippen molar-refractivity contribution in [1.82, 2.24) is 9.99 Å². The van der Waals surface area contributed by atoms with Gasteiger partial charge in [0.1, 0.15) is 5.57 Å². The van der Waals surface area contributed by atoms with Gasteiger partial charge in [0.05, 0.1) is 5.69 Å². The number of hydrogen-bond acceptors (Lipinski definition) is 2. The number of nitrogens with zero attached hydrogens (tertiary/aromatic N) is 2. The number of amides is 2. The smallest absolute Gasteiger partial charge is 0.282 e. The number of aromatic nitrogens is 1. The van der Waals surface area contributed by atoms with Gasteiger partial charge in [-0.2, -0.15) is 0 Å². The SMILES string of the molecule is Cc1cc(-n2c(C)cc(/C=C3/C(=O)NN(c4ccccc4)C3=O)c2C)ccc1I. The highest BCUT2D eigenvalue weighted by Crippen LogP contribution is 2.27. The second-order valence-corrected chi connectivity index (χ2v) is 8.23. The third-order valence-corrected chi connectivity index (χ3v) is 6.29. The molecule has 2 aromatic carbocycles.